The van der Waals surface area contributed by atoms with Crippen molar-refractivity contribution in [2.75, 3.05) is 26.4 Å². The Morgan fingerprint density at radius 3 is 2.38 bits per heavy atom. The van der Waals surface area contributed by atoms with Crippen molar-refractivity contribution >= 4 is 5.91 Å². The summed E-state index contributed by atoms with van der Waals surface area (Å²) < 4.78 is 29.0. The van der Waals surface area contributed by atoms with Crippen LogP contribution in [-0.2, 0) is 4.79 Å². The van der Waals surface area contributed by atoms with E-state index in [9.17, 15) is 9.18 Å². The molecule has 128 valence electrons. The summed E-state index contributed by atoms with van der Waals surface area (Å²) in [5.41, 5.74) is 0. The molecule has 2 aromatic carbocycles. The van der Waals surface area contributed by atoms with Crippen LogP contribution >= 0.6 is 0 Å². The summed E-state index contributed by atoms with van der Waals surface area (Å²) in [5, 5.41) is 2.66. The number of ether oxygens (including phenoxy) is 3. The average Bonchev–Trinajstić information content (AvgIpc) is 2.59. The summed E-state index contributed by atoms with van der Waals surface area (Å²) in [5.74, 6) is 1.10. The van der Waals surface area contributed by atoms with E-state index in [0.29, 0.717) is 31.3 Å². The Kier molecular flexibility index (Phi) is 6.89. The number of nitrogens with one attached hydrogen (secondary N) is 1. The molecule has 24 heavy (non-hydrogen) atoms. The van der Waals surface area contributed by atoms with Crippen molar-refractivity contribution in [3.05, 3.63) is 54.3 Å². The lowest BCUT2D eigenvalue weighted by atomic mass is 10.3. The molecule has 6 heteroatoms. The van der Waals surface area contributed by atoms with Crippen LogP contribution in [0.15, 0.2) is 48.5 Å². The Bertz CT molecular complexity index is 646. The van der Waals surface area contributed by atoms with E-state index in [1.165, 1.54) is 18.2 Å². The molecule has 0 saturated carbocycles. The molecule has 0 unspecified atom stereocenters. The third-order valence-electron chi connectivity index (χ3n) is 2.99. The fraction of sp³-hybridized carbons (Fsp3) is 0.278. The lowest BCUT2D eigenvalue weighted by Crippen LogP contribution is -2.32. The van der Waals surface area contributed by atoms with Crippen molar-refractivity contribution in [1.82, 2.24) is 5.32 Å². The number of rotatable bonds is 9. The van der Waals surface area contributed by atoms with E-state index >= 15 is 0 Å². The number of carbonyl (C=O) groups excluding carboxylic acids is 1. The topological polar surface area (TPSA) is 56.8 Å². The first-order valence-corrected chi connectivity index (χ1v) is 7.68. The van der Waals surface area contributed by atoms with Crippen molar-refractivity contribution in [3.8, 4) is 17.2 Å². The molecule has 0 aliphatic carbocycles. The summed E-state index contributed by atoms with van der Waals surface area (Å²) in [6.45, 7) is 3.04. The van der Waals surface area contributed by atoms with Gasteiger partial charge in [0.05, 0.1) is 13.2 Å². The molecule has 0 aromatic heterocycles. The Morgan fingerprint density at radius 1 is 1.00 bits per heavy atom. The number of carbonyl (C=O) groups is 1. The number of halogens is 1. The van der Waals surface area contributed by atoms with Crippen LogP contribution in [0.2, 0.25) is 0 Å². The molecule has 0 atom stereocenters. The first-order valence-electron chi connectivity index (χ1n) is 7.68. The van der Waals surface area contributed by atoms with E-state index in [2.05, 4.69) is 5.32 Å². The van der Waals surface area contributed by atoms with Crippen LogP contribution in [0.3, 0.4) is 0 Å². The SMILES string of the molecule is CCOc1ccc(OCCNC(=O)COc2cccc(F)c2)cc1. The maximum Gasteiger partial charge on any atom is 0.258 e. The predicted octanol–water partition coefficient (Wildman–Crippen LogP) is 2.80. The van der Waals surface area contributed by atoms with Crippen LogP contribution in [0.5, 0.6) is 17.2 Å². The minimum Gasteiger partial charge on any atom is -0.494 e. The molecule has 1 N–H and O–H groups in total. The van der Waals surface area contributed by atoms with Crippen LogP contribution in [0.25, 0.3) is 0 Å². The first-order chi connectivity index (χ1) is 11.7. The molecule has 2 rings (SSSR count). The summed E-state index contributed by atoms with van der Waals surface area (Å²) in [7, 11) is 0. The van der Waals surface area contributed by atoms with Gasteiger partial charge in [0.2, 0.25) is 0 Å². The maximum atomic E-state index is 13.0. The largest absolute Gasteiger partial charge is 0.494 e. The minimum absolute atomic E-state index is 0.174. The van der Waals surface area contributed by atoms with Gasteiger partial charge in [-0.05, 0) is 43.3 Å². The zero-order valence-electron chi connectivity index (χ0n) is 13.5. The summed E-state index contributed by atoms with van der Waals surface area (Å²) in [6.07, 6.45) is 0. The van der Waals surface area contributed by atoms with Crippen LogP contribution < -0.4 is 19.5 Å². The first kappa shape index (κ1) is 17.6. The highest BCUT2D eigenvalue weighted by Gasteiger charge is 2.03. The van der Waals surface area contributed by atoms with E-state index in [0.717, 1.165) is 5.75 Å². The van der Waals surface area contributed by atoms with Gasteiger partial charge in [-0.15, -0.1) is 0 Å². The molecular formula is C18H20FNO4. The van der Waals surface area contributed by atoms with E-state index in [4.69, 9.17) is 14.2 Å². The summed E-state index contributed by atoms with van der Waals surface area (Å²) >= 11 is 0. The second-order valence-electron chi connectivity index (χ2n) is 4.85. The average molecular weight is 333 g/mol. The second kappa shape index (κ2) is 9.39. The van der Waals surface area contributed by atoms with Crippen molar-refractivity contribution in [2.45, 2.75) is 6.92 Å². The van der Waals surface area contributed by atoms with Gasteiger partial charge in [-0.3, -0.25) is 4.79 Å². The lowest BCUT2D eigenvalue weighted by molar-refractivity contribution is -0.123. The highest BCUT2D eigenvalue weighted by molar-refractivity contribution is 5.77. The molecular weight excluding hydrogens is 313 g/mol. The maximum absolute atomic E-state index is 13.0. The Hall–Kier alpha value is -2.76. The highest BCUT2D eigenvalue weighted by atomic mass is 19.1. The molecule has 0 saturated heterocycles. The van der Waals surface area contributed by atoms with E-state index in [1.54, 1.807) is 18.2 Å². The van der Waals surface area contributed by atoms with Crippen LogP contribution in [0.4, 0.5) is 4.39 Å². The highest BCUT2D eigenvalue weighted by Crippen LogP contribution is 2.17. The molecule has 0 aliphatic heterocycles. The van der Waals surface area contributed by atoms with Gasteiger partial charge in [0.15, 0.2) is 6.61 Å². The molecule has 0 bridgehead atoms. The molecule has 2 aromatic rings. The molecule has 1 amide bonds. The van der Waals surface area contributed by atoms with Gasteiger partial charge in [0, 0.05) is 6.07 Å². The quantitative estimate of drug-likeness (QED) is 0.717. The smallest absolute Gasteiger partial charge is 0.258 e. The molecule has 0 spiro atoms. The lowest BCUT2D eigenvalue weighted by Gasteiger charge is -2.09. The van der Waals surface area contributed by atoms with E-state index < -0.39 is 5.82 Å². The van der Waals surface area contributed by atoms with Gasteiger partial charge in [-0.1, -0.05) is 6.07 Å². The van der Waals surface area contributed by atoms with Crippen LogP contribution in [-0.4, -0.2) is 32.3 Å². The van der Waals surface area contributed by atoms with E-state index in [-0.39, 0.29) is 12.5 Å². The third kappa shape index (κ3) is 6.16. The zero-order valence-corrected chi connectivity index (χ0v) is 13.5. The molecule has 0 heterocycles. The van der Waals surface area contributed by atoms with Crippen molar-refractivity contribution in [2.24, 2.45) is 0 Å². The Morgan fingerprint density at radius 2 is 1.71 bits per heavy atom. The normalized spacial score (nSPS) is 10.1. The Balaban J connectivity index is 1.62. The standard InChI is InChI=1S/C18H20FNO4/c1-2-22-15-6-8-16(9-7-15)23-11-10-20-18(21)13-24-17-5-3-4-14(19)12-17/h3-9,12H,2,10-11,13H2,1H3,(H,20,21). The number of hydrogen-bond donors (Lipinski definition) is 1. The van der Waals surface area contributed by atoms with Gasteiger partial charge in [0.1, 0.15) is 29.7 Å². The zero-order chi connectivity index (χ0) is 17.2. The molecule has 0 radical (unpaired) electrons. The number of hydrogen-bond acceptors (Lipinski definition) is 4. The van der Waals surface area contributed by atoms with Crippen LogP contribution in [0, 0.1) is 5.82 Å². The van der Waals surface area contributed by atoms with Gasteiger partial charge < -0.3 is 19.5 Å². The minimum atomic E-state index is -0.406. The number of amides is 1. The van der Waals surface area contributed by atoms with Crippen molar-refractivity contribution in [1.29, 1.82) is 0 Å². The summed E-state index contributed by atoms with van der Waals surface area (Å²) in [4.78, 5) is 11.6. The van der Waals surface area contributed by atoms with Gasteiger partial charge in [0.25, 0.3) is 5.91 Å². The molecule has 0 fully saturated rings. The summed E-state index contributed by atoms with van der Waals surface area (Å²) in [6, 6.07) is 12.9. The van der Waals surface area contributed by atoms with Crippen LogP contribution in [0.1, 0.15) is 6.92 Å². The fourth-order valence-electron chi connectivity index (χ4n) is 1.91. The monoisotopic (exact) mass is 333 g/mol. The number of benzene rings is 2. The Labute approximate surface area is 140 Å². The van der Waals surface area contributed by atoms with Gasteiger partial charge in [-0.2, -0.15) is 0 Å². The van der Waals surface area contributed by atoms with Gasteiger partial charge in [-0.25, -0.2) is 4.39 Å². The van der Waals surface area contributed by atoms with Crippen molar-refractivity contribution < 1.29 is 23.4 Å². The van der Waals surface area contributed by atoms with Gasteiger partial charge >= 0.3 is 0 Å². The van der Waals surface area contributed by atoms with E-state index in [1.807, 2.05) is 19.1 Å². The second-order valence-corrected chi connectivity index (χ2v) is 4.85. The third-order valence-corrected chi connectivity index (χ3v) is 2.99. The predicted molar refractivity (Wildman–Crippen MR) is 88.0 cm³/mol. The molecule has 0 aliphatic rings. The fourth-order valence-corrected chi connectivity index (χ4v) is 1.91. The molecule has 5 nitrogen and oxygen atoms in total. The van der Waals surface area contributed by atoms with Crippen molar-refractivity contribution in [3.63, 3.8) is 0 Å².